The van der Waals surface area contributed by atoms with Gasteiger partial charge >= 0.3 is 0 Å². The molecule has 2 aliphatic rings. The summed E-state index contributed by atoms with van der Waals surface area (Å²) in [6, 6.07) is 3.06. The van der Waals surface area contributed by atoms with E-state index in [4.69, 9.17) is 9.47 Å². The predicted octanol–water partition coefficient (Wildman–Crippen LogP) is 2.43. The van der Waals surface area contributed by atoms with Crippen LogP contribution in [0.5, 0.6) is 11.5 Å². The Bertz CT molecular complexity index is 1180. The highest BCUT2D eigenvalue weighted by molar-refractivity contribution is 5.78. The van der Waals surface area contributed by atoms with Crippen molar-refractivity contribution >= 4 is 11.0 Å². The monoisotopic (exact) mass is 456 g/mol. The van der Waals surface area contributed by atoms with E-state index in [0.29, 0.717) is 42.9 Å². The van der Waals surface area contributed by atoms with Crippen LogP contribution in [0.4, 0.5) is 4.39 Å². The maximum atomic E-state index is 15.1. The predicted molar refractivity (Wildman–Crippen MR) is 120 cm³/mol. The Hall–Kier alpha value is -2.75. The summed E-state index contributed by atoms with van der Waals surface area (Å²) in [6.07, 6.45) is 1.23. The molecule has 1 aromatic carbocycles. The van der Waals surface area contributed by atoms with Gasteiger partial charge in [-0.05, 0) is 39.8 Å². The highest BCUT2D eigenvalue weighted by Gasteiger charge is 2.45. The van der Waals surface area contributed by atoms with E-state index in [1.807, 2.05) is 37.6 Å². The van der Waals surface area contributed by atoms with Gasteiger partial charge in [-0.2, -0.15) is 0 Å². The lowest BCUT2D eigenvalue weighted by molar-refractivity contribution is -0.0167. The molecular formula is C24H29FN4O4. The second-order valence-electron chi connectivity index (χ2n) is 9.10. The number of aryl methyl sites for hydroxylation is 1. The maximum Gasteiger partial charge on any atom is 0.168 e. The molecule has 1 aliphatic heterocycles. The summed E-state index contributed by atoms with van der Waals surface area (Å²) in [4.78, 5) is 8.59. The minimum atomic E-state index is -1.11. The minimum Gasteiger partial charge on any atom is -0.488 e. The summed E-state index contributed by atoms with van der Waals surface area (Å²) in [5.74, 6) is 0.266. The van der Waals surface area contributed by atoms with Crippen molar-refractivity contribution in [3.63, 3.8) is 0 Å². The van der Waals surface area contributed by atoms with E-state index >= 15 is 4.39 Å². The van der Waals surface area contributed by atoms with Crippen LogP contribution >= 0.6 is 0 Å². The van der Waals surface area contributed by atoms with Gasteiger partial charge in [-0.25, -0.2) is 14.4 Å². The number of nitrogens with zero attached hydrogens (tertiary/aromatic N) is 3. The van der Waals surface area contributed by atoms with Crippen molar-refractivity contribution in [3.05, 3.63) is 47.3 Å². The van der Waals surface area contributed by atoms with Crippen LogP contribution in [-0.4, -0.2) is 55.7 Å². The quantitative estimate of drug-likeness (QED) is 0.542. The van der Waals surface area contributed by atoms with Crippen molar-refractivity contribution in [1.82, 2.24) is 19.9 Å². The Balaban J connectivity index is 1.46. The number of fused-ring (bicyclic) bond motifs is 2. The summed E-state index contributed by atoms with van der Waals surface area (Å²) >= 11 is 0. The van der Waals surface area contributed by atoms with Gasteiger partial charge in [0.25, 0.3) is 0 Å². The van der Waals surface area contributed by atoms with E-state index in [2.05, 4.69) is 15.3 Å². The number of aromatic nitrogens is 3. The normalized spacial score (nSPS) is 24.9. The fourth-order valence-corrected chi connectivity index (χ4v) is 4.91. The van der Waals surface area contributed by atoms with Gasteiger partial charge in [0.15, 0.2) is 11.6 Å². The second kappa shape index (κ2) is 8.55. The Kier molecular flexibility index (Phi) is 5.72. The molecule has 3 N–H and O–H groups in total. The number of ether oxygens (including phenoxy) is 2. The van der Waals surface area contributed by atoms with Crippen LogP contribution in [0.25, 0.3) is 11.0 Å². The first kappa shape index (κ1) is 22.1. The lowest BCUT2D eigenvalue weighted by Crippen LogP contribution is -2.35. The first-order valence-electron chi connectivity index (χ1n) is 11.4. The molecule has 0 radical (unpaired) electrons. The summed E-state index contributed by atoms with van der Waals surface area (Å²) < 4.78 is 28.9. The number of rotatable bonds is 5. The number of hydrogen-bond donors (Lipinski definition) is 3. The molecule has 176 valence electrons. The van der Waals surface area contributed by atoms with Crippen LogP contribution in [0.3, 0.4) is 0 Å². The first-order chi connectivity index (χ1) is 15.8. The fourth-order valence-electron chi connectivity index (χ4n) is 4.91. The van der Waals surface area contributed by atoms with Gasteiger partial charge in [-0.15, -0.1) is 0 Å². The van der Waals surface area contributed by atoms with E-state index < -0.39 is 24.4 Å². The molecule has 1 fully saturated rings. The van der Waals surface area contributed by atoms with E-state index in [1.165, 1.54) is 6.33 Å². The average Bonchev–Trinajstić information content (AvgIpc) is 3.34. The van der Waals surface area contributed by atoms with E-state index in [1.54, 1.807) is 6.07 Å². The summed E-state index contributed by atoms with van der Waals surface area (Å²) in [7, 11) is 0. The Morgan fingerprint density at radius 2 is 2.00 bits per heavy atom. The number of benzene rings is 1. The Morgan fingerprint density at radius 3 is 2.79 bits per heavy atom. The zero-order valence-corrected chi connectivity index (χ0v) is 19.0. The summed E-state index contributed by atoms with van der Waals surface area (Å²) in [6.45, 7) is 6.73. The third kappa shape index (κ3) is 3.84. The molecule has 0 unspecified atom stereocenters. The topological polar surface area (TPSA) is 102 Å². The SMILES string of the molecule is Cc1ncnc2c1ccn2[C@@H]1C[C@H](Oc2cc(OC(C)C)c(F)c3c2CNCC3)[C@@H](O)[C@H]1O. The molecule has 3 heterocycles. The molecule has 1 aliphatic carbocycles. The molecule has 0 spiro atoms. The number of aliphatic hydroxyl groups excluding tert-OH is 2. The lowest BCUT2D eigenvalue weighted by atomic mass is 9.98. The zero-order valence-electron chi connectivity index (χ0n) is 19.0. The van der Waals surface area contributed by atoms with E-state index in [0.717, 1.165) is 16.6 Å². The lowest BCUT2D eigenvalue weighted by Gasteiger charge is -2.26. The van der Waals surface area contributed by atoms with Gasteiger partial charge < -0.3 is 29.6 Å². The molecule has 3 aromatic rings. The number of hydrogen-bond acceptors (Lipinski definition) is 7. The Morgan fingerprint density at radius 1 is 1.18 bits per heavy atom. The van der Waals surface area contributed by atoms with E-state index in [9.17, 15) is 10.2 Å². The smallest absolute Gasteiger partial charge is 0.168 e. The molecular weight excluding hydrogens is 427 g/mol. The molecule has 8 nitrogen and oxygen atoms in total. The van der Waals surface area contributed by atoms with Crippen molar-refractivity contribution in [1.29, 1.82) is 0 Å². The van der Waals surface area contributed by atoms with Crippen LogP contribution in [0.15, 0.2) is 24.7 Å². The molecule has 0 bridgehead atoms. The third-order valence-corrected chi connectivity index (χ3v) is 6.56. The standard InChI is InChI=1S/C24H29FN4O4/c1-12(2)32-19-9-18(16-10-26-6-4-15(16)21(19)25)33-20-8-17(22(30)23(20)31)29-7-5-14-13(3)27-11-28-24(14)29/h5,7,9,11-12,17,20,22-23,26,30-31H,4,6,8,10H2,1-3H3/t17-,20+,22+,23-/m1/s1. The van der Waals surface area contributed by atoms with Gasteiger partial charge in [0.05, 0.1) is 17.8 Å². The van der Waals surface area contributed by atoms with Crippen LogP contribution in [0.2, 0.25) is 0 Å². The van der Waals surface area contributed by atoms with Crippen molar-refractivity contribution < 1.29 is 24.1 Å². The molecule has 4 atom stereocenters. The number of nitrogens with one attached hydrogen (secondary N) is 1. The van der Waals surface area contributed by atoms with Crippen molar-refractivity contribution in [2.24, 2.45) is 0 Å². The van der Waals surface area contributed by atoms with Gasteiger partial charge in [0.1, 0.15) is 36.0 Å². The van der Waals surface area contributed by atoms with Crippen molar-refractivity contribution in [3.8, 4) is 11.5 Å². The molecule has 33 heavy (non-hydrogen) atoms. The van der Waals surface area contributed by atoms with E-state index in [-0.39, 0.29) is 17.7 Å². The van der Waals surface area contributed by atoms with Crippen LogP contribution in [0.1, 0.15) is 43.1 Å². The van der Waals surface area contributed by atoms with Gasteiger partial charge in [-0.1, -0.05) is 0 Å². The van der Waals surface area contributed by atoms with Crippen LogP contribution < -0.4 is 14.8 Å². The van der Waals surface area contributed by atoms with Gasteiger partial charge in [0.2, 0.25) is 0 Å². The molecule has 9 heteroatoms. The molecule has 1 saturated carbocycles. The molecule has 0 saturated heterocycles. The molecule has 5 rings (SSSR count). The fraction of sp³-hybridized carbons (Fsp3) is 0.500. The highest BCUT2D eigenvalue weighted by atomic mass is 19.1. The van der Waals surface area contributed by atoms with Gasteiger partial charge in [-0.3, -0.25) is 0 Å². The van der Waals surface area contributed by atoms with Crippen molar-refractivity contribution in [2.75, 3.05) is 6.54 Å². The van der Waals surface area contributed by atoms with Gasteiger partial charge in [0, 0.05) is 41.7 Å². The Labute approximate surface area is 191 Å². The number of aliphatic hydroxyl groups is 2. The second-order valence-corrected chi connectivity index (χ2v) is 9.10. The summed E-state index contributed by atoms with van der Waals surface area (Å²) in [5, 5.41) is 25.9. The van der Waals surface area contributed by atoms with Crippen molar-refractivity contribution in [2.45, 2.75) is 70.6 Å². The summed E-state index contributed by atoms with van der Waals surface area (Å²) in [5.41, 5.74) is 2.86. The average molecular weight is 457 g/mol. The third-order valence-electron chi connectivity index (χ3n) is 6.56. The highest BCUT2D eigenvalue weighted by Crippen LogP contribution is 2.40. The minimum absolute atomic E-state index is 0.147. The van der Waals surface area contributed by atoms with Crippen LogP contribution in [-0.2, 0) is 13.0 Å². The largest absolute Gasteiger partial charge is 0.488 e. The first-order valence-corrected chi connectivity index (χ1v) is 11.4. The molecule has 0 amide bonds. The zero-order chi connectivity index (χ0) is 23.3. The number of halogens is 1. The maximum absolute atomic E-state index is 15.1. The molecule has 2 aromatic heterocycles. The van der Waals surface area contributed by atoms with Crippen LogP contribution in [0, 0.1) is 12.7 Å².